The molecule has 16 heavy (non-hydrogen) atoms. The third-order valence-corrected chi connectivity index (χ3v) is 3.84. The molecule has 2 aromatic rings. The summed E-state index contributed by atoms with van der Waals surface area (Å²) in [5, 5.41) is 1.06. The van der Waals surface area contributed by atoms with E-state index in [1.165, 1.54) is 18.1 Å². The molecule has 0 unspecified atom stereocenters. The molecular formula is C10H7BrClN3S. The molecule has 0 spiro atoms. The van der Waals surface area contributed by atoms with Gasteiger partial charge in [0.05, 0.1) is 0 Å². The fraction of sp³-hybridized carbons (Fsp3) is 0. The van der Waals surface area contributed by atoms with Gasteiger partial charge in [0, 0.05) is 9.37 Å². The normalized spacial score (nSPS) is 10.4. The first-order chi connectivity index (χ1) is 7.66. The molecule has 0 fully saturated rings. The molecule has 0 bridgehead atoms. The van der Waals surface area contributed by atoms with Gasteiger partial charge in [-0.1, -0.05) is 39.3 Å². The summed E-state index contributed by atoms with van der Waals surface area (Å²) in [6.07, 6.45) is 1.41. The number of rotatable bonds is 2. The first-order valence-corrected chi connectivity index (χ1v) is 6.35. The van der Waals surface area contributed by atoms with E-state index in [2.05, 4.69) is 25.9 Å². The zero-order valence-electron chi connectivity index (χ0n) is 8.02. The maximum Gasteiger partial charge on any atom is 0.146 e. The highest BCUT2D eigenvalue weighted by molar-refractivity contribution is 9.10. The largest absolute Gasteiger partial charge is 0.382 e. The minimum Gasteiger partial charge on any atom is -0.382 e. The predicted octanol–water partition coefficient (Wildman–Crippen LogP) is 3.63. The Hall–Kier alpha value is -0.780. The molecule has 3 nitrogen and oxygen atoms in total. The van der Waals surface area contributed by atoms with Crippen LogP contribution in [-0.2, 0) is 0 Å². The van der Waals surface area contributed by atoms with Gasteiger partial charge in [-0.3, -0.25) is 0 Å². The number of benzene rings is 1. The van der Waals surface area contributed by atoms with Gasteiger partial charge < -0.3 is 5.73 Å². The molecule has 2 N–H and O–H groups in total. The molecule has 2 rings (SSSR count). The van der Waals surface area contributed by atoms with E-state index in [1.807, 2.05) is 24.3 Å². The van der Waals surface area contributed by atoms with E-state index >= 15 is 0 Å². The van der Waals surface area contributed by atoms with Gasteiger partial charge in [0.25, 0.3) is 0 Å². The Bertz CT molecular complexity index is 504. The molecular weight excluding hydrogens is 310 g/mol. The van der Waals surface area contributed by atoms with E-state index in [4.69, 9.17) is 17.3 Å². The van der Waals surface area contributed by atoms with Crippen LogP contribution in [0.25, 0.3) is 0 Å². The van der Waals surface area contributed by atoms with Gasteiger partial charge in [0.2, 0.25) is 0 Å². The fourth-order valence-corrected chi connectivity index (χ4v) is 2.32. The van der Waals surface area contributed by atoms with Gasteiger partial charge in [-0.2, -0.15) is 0 Å². The molecule has 0 radical (unpaired) electrons. The van der Waals surface area contributed by atoms with Gasteiger partial charge in [-0.15, -0.1) is 0 Å². The first-order valence-electron chi connectivity index (χ1n) is 4.36. The lowest BCUT2D eigenvalue weighted by molar-refractivity contribution is 1.05. The highest BCUT2D eigenvalue weighted by Gasteiger charge is 2.07. The Morgan fingerprint density at radius 3 is 2.56 bits per heavy atom. The molecule has 0 saturated heterocycles. The van der Waals surface area contributed by atoms with Crippen LogP contribution < -0.4 is 5.73 Å². The Kier molecular flexibility index (Phi) is 3.68. The summed E-state index contributed by atoms with van der Waals surface area (Å²) in [5.74, 6) is 0.302. The minimum absolute atomic E-state index is 0.302. The molecule has 0 aliphatic rings. The summed E-state index contributed by atoms with van der Waals surface area (Å²) in [5.41, 5.74) is 5.59. The minimum atomic E-state index is 0.302. The second-order valence-corrected chi connectivity index (χ2v) is 5.29. The highest BCUT2D eigenvalue weighted by atomic mass is 79.9. The van der Waals surface area contributed by atoms with E-state index in [0.29, 0.717) is 15.9 Å². The van der Waals surface area contributed by atoms with Crippen LogP contribution in [0.1, 0.15) is 0 Å². The van der Waals surface area contributed by atoms with Crippen molar-refractivity contribution in [3.05, 3.63) is 40.1 Å². The number of nitrogens with two attached hydrogens (primary N) is 1. The second kappa shape index (κ2) is 5.03. The summed E-state index contributed by atoms with van der Waals surface area (Å²) >= 11 is 10.8. The molecule has 1 aromatic carbocycles. The maximum atomic E-state index is 5.99. The van der Waals surface area contributed by atoms with Crippen LogP contribution >= 0.6 is 39.3 Å². The van der Waals surface area contributed by atoms with Crippen molar-refractivity contribution in [2.75, 3.05) is 5.73 Å². The number of nitrogen functional groups attached to an aromatic ring is 1. The number of halogens is 2. The van der Waals surface area contributed by atoms with Gasteiger partial charge in [0.15, 0.2) is 0 Å². The van der Waals surface area contributed by atoms with Crippen LogP contribution in [0.3, 0.4) is 0 Å². The van der Waals surface area contributed by atoms with E-state index < -0.39 is 0 Å². The van der Waals surface area contributed by atoms with E-state index in [9.17, 15) is 0 Å². The van der Waals surface area contributed by atoms with Crippen LogP contribution in [0.2, 0.25) is 5.02 Å². The average Bonchev–Trinajstić information content (AvgIpc) is 2.28. The standard InChI is InChI=1S/C10H7BrClN3S/c11-6-1-3-7(4-2-6)16-10-8(12)9(13)14-5-15-10/h1-5H,(H2,13,14,15). The van der Waals surface area contributed by atoms with Gasteiger partial charge >= 0.3 is 0 Å². The number of anilines is 1. The monoisotopic (exact) mass is 315 g/mol. The second-order valence-electron chi connectivity index (χ2n) is 2.93. The number of aromatic nitrogens is 2. The quantitative estimate of drug-likeness (QED) is 0.860. The Balaban J connectivity index is 2.27. The smallest absolute Gasteiger partial charge is 0.146 e. The molecule has 0 atom stereocenters. The fourth-order valence-electron chi connectivity index (χ4n) is 1.05. The number of nitrogens with zero attached hydrogens (tertiary/aromatic N) is 2. The Labute approximate surface area is 111 Å². The Morgan fingerprint density at radius 1 is 1.19 bits per heavy atom. The topological polar surface area (TPSA) is 51.8 Å². The van der Waals surface area contributed by atoms with Crippen LogP contribution in [0.4, 0.5) is 5.82 Å². The predicted molar refractivity (Wildman–Crippen MR) is 69.7 cm³/mol. The number of hydrogen-bond donors (Lipinski definition) is 1. The zero-order chi connectivity index (χ0) is 11.5. The van der Waals surface area contributed by atoms with Crippen molar-refractivity contribution in [1.82, 2.24) is 9.97 Å². The summed E-state index contributed by atoms with van der Waals surface area (Å²) in [6, 6.07) is 7.87. The Morgan fingerprint density at radius 2 is 1.88 bits per heavy atom. The third kappa shape index (κ3) is 2.66. The van der Waals surface area contributed by atoms with Crippen molar-refractivity contribution in [3.63, 3.8) is 0 Å². The van der Waals surface area contributed by atoms with Gasteiger partial charge in [-0.05, 0) is 24.3 Å². The van der Waals surface area contributed by atoms with Crippen molar-refractivity contribution in [2.24, 2.45) is 0 Å². The zero-order valence-corrected chi connectivity index (χ0v) is 11.2. The van der Waals surface area contributed by atoms with Crippen molar-refractivity contribution in [3.8, 4) is 0 Å². The molecule has 1 aromatic heterocycles. The number of hydrogen-bond acceptors (Lipinski definition) is 4. The molecule has 0 aliphatic heterocycles. The molecule has 1 heterocycles. The molecule has 0 aliphatic carbocycles. The van der Waals surface area contributed by atoms with E-state index in [0.717, 1.165) is 9.37 Å². The summed E-state index contributed by atoms with van der Waals surface area (Å²) in [4.78, 5) is 8.94. The van der Waals surface area contributed by atoms with Crippen molar-refractivity contribution >= 4 is 45.1 Å². The molecule has 82 valence electrons. The van der Waals surface area contributed by atoms with Crippen molar-refractivity contribution < 1.29 is 0 Å². The lowest BCUT2D eigenvalue weighted by Gasteiger charge is -2.04. The van der Waals surface area contributed by atoms with Crippen LogP contribution in [0.15, 0.2) is 45.0 Å². The summed E-state index contributed by atoms with van der Waals surface area (Å²) < 4.78 is 1.03. The lowest BCUT2D eigenvalue weighted by atomic mass is 10.4. The highest BCUT2D eigenvalue weighted by Crippen LogP contribution is 2.33. The third-order valence-electron chi connectivity index (χ3n) is 1.81. The molecule has 0 amide bonds. The van der Waals surface area contributed by atoms with Crippen molar-refractivity contribution in [2.45, 2.75) is 9.92 Å². The average molecular weight is 317 g/mol. The summed E-state index contributed by atoms with van der Waals surface area (Å²) in [7, 11) is 0. The first kappa shape index (κ1) is 11.7. The summed E-state index contributed by atoms with van der Waals surface area (Å²) in [6.45, 7) is 0. The van der Waals surface area contributed by atoms with Crippen LogP contribution in [0.5, 0.6) is 0 Å². The van der Waals surface area contributed by atoms with Gasteiger partial charge in [-0.25, -0.2) is 9.97 Å². The maximum absolute atomic E-state index is 5.99. The molecule has 0 saturated carbocycles. The van der Waals surface area contributed by atoms with E-state index in [-0.39, 0.29) is 0 Å². The SMILES string of the molecule is Nc1ncnc(Sc2ccc(Br)cc2)c1Cl. The van der Waals surface area contributed by atoms with Crippen molar-refractivity contribution in [1.29, 1.82) is 0 Å². The van der Waals surface area contributed by atoms with Crippen LogP contribution in [-0.4, -0.2) is 9.97 Å². The lowest BCUT2D eigenvalue weighted by Crippen LogP contribution is -1.94. The van der Waals surface area contributed by atoms with Gasteiger partial charge in [0.1, 0.15) is 22.2 Å². The molecule has 6 heteroatoms. The van der Waals surface area contributed by atoms with Crippen LogP contribution in [0, 0.1) is 0 Å². The van der Waals surface area contributed by atoms with E-state index in [1.54, 1.807) is 0 Å².